The molecular weight excluding hydrogens is 253 g/mol. The van der Waals surface area contributed by atoms with Crippen molar-refractivity contribution in [1.82, 2.24) is 4.90 Å². The van der Waals surface area contributed by atoms with E-state index in [0.717, 1.165) is 17.9 Å². The van der Waals surface area contributed by atoms with E-state index in [1.54, 1.807) is 11.8 Å². The minimum absolute atomic E-state index is 0.0400. The Morgan fingerprint density at radius 2 is 2.22 bits per heavy atom. The second kappa shape index (κ2) is 6.75. The van der Waals surface area contributed by atoms with E-state index in [-0.39, 0.29) is 29.7 Å². The van der Waals surface area contributed by atoms with Crippen LogP contribution in [0, 0.1) is 5.82 Å². The summed E-state index contributed by atoms with van der Waals surface area (Å²) >= 11 is 1.70. The van der Waals surface area contributed by atoms with E-state index in [2.05, 4.69) is 0 Å². The summed E-state index contributed by atoms with van der Waals surface area (Å²) in [4.78, 5) is 13.9. The summed E-state index contributed by atoms with van der Waals surface area (Å²) < 4.78 is 13.0. The first-order chi connectivity index (χ1) is 8.45. The first-order valence-corrected chi connectivity index (χ1v) is 7.06. The van der Waals surface area contributed by atoms with Crippen molar-refractivity contribution in [3.8, 4) is 5.75 Å². The van der Waals surface area contributed by atoms with Crippen LogP contribution >= 0.6 is 11.8 Å². The summed E-state index contributed by atoms with van der Waals surface area (Å²) in [6.07, 6.45) is 2.00. The van der Waals surface area contributed by atoms with Crippen LogP contribution in [0.4, 0.5) is 4.39 Å². The smallest absolute Gasteiger partial charge is 0.180 e. The van der Waals surface area contributed by atoms with Crippen LogP contribution in [-0.2, 0) is 0 Å². The fraction of sp³-hybridized carbons (Fsp3) is 0.462. The van der Waals surface area contributed by atoms with E-state index >= 15 is 0 Å². The molecular formula is C13H18FNO2S. The van der Waals surface area contributed by atoms with Crippen molar-refractivity contribution in [3.63, 3.8) is 0 Å². The van der Waals surface area contributed by atoms with Crippen molar-refractivity contribution in [2.75, 3.05) is 25.6 Å². The van der Waals surface area contributed by atoms with Gasteiger partial charge in [0, 0.05) is 11.8 Å². The van der Waals surface area contributed by atoms with Gasteiger partial charge in [0.05, 0.1) is 12.1 Å². The van der Waals surface area contributed by atoms with Gasteiger partial charge in [-0.2, -0.15) is 11.8 Å². The number of benzene rings is 1. The van der Waals surface area contributed by atoms with Gasteiger partial charge in [0.25, 0.3) is 0 Å². The van der Waals surface area contributed by atoms with Crippen molar-refractivity contribution in [2.24, 2.45) is 0 Å². The molecule has 0 amide bonds. The van der Waals surface area contributed by atoms with Gasteiger partial charge in [-0.1, -0.05) is 0 Å². The van der Waals surface area contributed by atoms with Gasteiger partial charge in [-0.15, -0.1) is 0 Å². The summed E-state index contributed by atoms with van der Waals surface area (Å²) in [5.41, 5.74) is 0.0400. The molecule has 1 aromatic rings. The summed E-state index contributed by atoms with van der Waals surface area (Å²) in [7, 11) is 1.84. The largest absolute Gasteiger partial charge is 0.507 e. The van der Waals surface area contributed by atoms with Crippen LogP contribution < -0.4 is 0 Å². The lowest BCUT2D eigenvalue weighted by molar-refractivity contribution is 0.0927. The van der Waals surface area contributed by atoms with E-state index in [4.69, 9.17) is 0 Å². The maximum absolute atomic E-state index is 13.0. The normalized spacial score (nSPS) is 12.7. The number of nitrogens with zero attached hydrogens (tertiary/aromatic N) is 1. The highest BCUT2D eigenvalue weighted by atomic mass is 32.2. The lowest BCUT2D eigenvalue weighted by Crippen LogP contribution is -2.35. The molecule has 0 fully saturated rings. The van der Waals surface area contributed by atoms with Crippen LogP contribution in [0.5, 0.6) is 5.75 Å². The van der Waals surface area contributed by atoms with E-state index in [0.29, 0.717) is 0 Å². The molecule has 1 atom stereocenters. The lowest BCUT2D eigenvalue weighted by atomic mass is 10.1. The minimum atomic E-state index is -0.518. The Hall–Kier alpha value is -1.07. The number of carbonyl (C=O) groups is 1. The van der Waals surface area contributed by atoms with Crippen LogP contribution in [0.1, 0.15) is 17.3 Å². The van der Waals surface area contributed by atoms with Gasteiger partial charge >= 0.3 is 0 Å². The van der Waals surface area contributed by atoms with Crippen LogP contribution in [0.2, 0.25) is 0 Å². The number of carbonyl (C=O) groups excluding carboxylic acids is 1. The Balaban J connectivity index is 2.73. The predicted molar refractivity (Wildman–Crippen MR) is 72.9 cm³/mol. The third-order valence-corrected chi connectivity index (χ3v) is 3.63. The average molecular weight is 271 g/mol. The summed E-state index contributed by atoms with van der Waals surface area (Å²) in [5.74, 6) is -0.0513. The Morgan fingerprint density at radius 3 is 2.83 bits per heavy atom. The summed E-state index contributed by atoms with van der Waals surface area (Å²) in [5, 5.41) is 9.55. The molecule has 18 heavy (non-hydrogen) atoms. The van der Waals surface area contributed by atoms with Gasteiger partial charge in [0.1, 0.15) is 11.6 Å². The van der Waals surface area contributed by atoms with Crippen LogP contribution in [-0.4, -0.2) is 47.4 Å². The number of phenolic OH excluding ortho intramolecular Hbond substituents is 1. The van der Waals surface area contributed by atoms with E-state index in [1.807, 2.05) is 25.1 Å². The molecule has 5 heteroatoms. The Bertz CT molecular complexity index is 425. The molecule has 0 radical (unpaired) electrons. The van der Waals surface area contributed by atoms with Crippen molar-refractivity contribution in [1.29, 1.82) is 0 Å². The number of halogens is 1. The lowest BCUT2D eigenvalue weighted by Gasteiger charge is -2.23. The van der Waals surface area contributed by atoms with E-state index in [1.165, 1.54) is 6.07 Å². The molecule has 0 heterocycles. The molecule has 1 rings (SSSR count). The number of Topliss-reactive ketones (excluding diaryl/α,β-unsaturated/α-hetero) is 1. The van der Waals surface area contributed by atoms with E-state index < -0.39 is 5.82 Å². The fourth-order valence-electron chi connectivity index (χ4n) is 1.57. The van der Waals surface area contributed by atoms with Gasteiger partial charge < -0.3 is 5.11 Å². The molecule has 0 spiro atoms. The minimum Gasteiger partial charge on any atom is -0.507 e. The number of phenols is 1. The molecule has 1 aromatic carbocycles. The molecule has 0 saturated heterocycles. The van der Waals surface area contributed by atoms with Gasteiger partial charge in [0.2, 0.25) is 0 Å². The molecule has 0 bridgehead atoms. The SMILES string of the molecule is CSCC(C)N(C)CC(=O)c1cc(F)ccc1O. The third-order valence-electron chi connectivity index (χ3n) is 2.81. The second-order valence-electron chi connectivity index (χ2n) is 4.30. The molecule has 0 aliphatic heterocycles. The topological polar surface area (TPSA) is 40.5 Å². The zero-order valence-electron chi connectivity index (χ0n) is 10.8. The number of aromatic hydroxyl groups is 1. The summed E-state index contributed by atoms with van der Waals surface area (Å²) in [6.45, 7) is 2.19. The molecule has 3 nitrogen and oxygen atoms in total. The van der Waals surface area contributed by atoms with Gasteiger partial charge in [-0.3, -0.25) is 9.69 Å². The zero-order valence-corrected chi connectivity index (χ0v) is 11.6. The van der Waals surface area contributed by atoms with Crippen molar-refractivity contribution >= 4 is 17.5 Å². The maximum Gasteiger partial charge on any atom is 0.180 e. The fourth-order valence-corrected chi connectivity index (χ4v) is 2.30. The number of likely N-dealkylation sites (N-methyl/N-ethyl adjacent to an activating group) is 1. The zero-order chi connectivity index (χ0) is 13.7. The van der Waals surface area contributed by atoms with Gasteiger partial charge in [-0.05, 0) is 38.4 Å². The average Bonchev–Trinajstić information content (AvgIpc) is 2.32. The molecule has 0 aromatic heterocycles. The predicted octanol–water partition coefficient (Wildman–Crippen LogP) is 2.40. The van der Waals surface area contributed by atoms with E-state index in [9.17, 15) is 14.3 Å². The first kappa shape index (κ1) is 15.0. The molecule has 1 N–H and O–H groups in total. The quantitative estimate of drug-likeness (QED) is 0.807. The Labute approximate surface area is 111 Å². The number of rotatable bonds is 6. The highest BCUT2D eigenvalue weighted by molar-refractivity contribution is 7.98. The first-order valence-electron chi connectivity index (χ1n) is 5.66. The molecule has 0 aliphatic carbocycles. The number of hydrogen-bond donors (Lipinski definition) is 1. The Morgan fingerprint density at radius 1 is 1.56 bits per heavy atom. The third kappa shape index (κ3) is 3.99. The standard InChI is InChI=1S/C13H18FNO2S/c1-9(8-18-3)15(2)7-13(17)11-6-10(14)4-5-12(11)16/h4-6,9,16H,7-8H2,1-3H3. The highest BCUT2D eigenvalue weighted by Gasteiger charge is 2.17. The molecule has 0 saturated carbocycles. The monoisotopic (exact) mass is 271 g/mol. The van der Waals surface area contributed by atoms with Crippen LogP contribution in [0.3, 0.4) is 0 Å². The van der Waals surface area contributed by atoms with Crippen molar-refractivity contribution in [2.45, 2.75) is 13.0 Å². The molecule has 1 unspecified atom stereocenters. The van der Waals surface area contributed by atoms with Gasteiger partial charge in [0.15, 0.2) is 5.78 Å². The second-order valence-corrected chi connectivity index (χ2v) is 5.21. The van der Waals surface area contributed by atoms with Crippen LogP contribution in [0.25, 0.3) is 0 Å². The van der Waals surface area contributed by atoms with Crippen molar-refractivity contribution < 1.29 is 14.3 Å². The van der Waals surface area contributed by atoms with Crippen LogP contribution in [0.15, 0.2) is 18.2 Å². The molecule has 0 aliphatic rings. The highest BCUT2D eigenvalue weighted by Crippen LogP contribution is 2.19. The Kier molecular flexibility index (Phi) is 5.62. The summed E-state index contributed by atoms with van der Waals surface area (Å²) in [6, 6.07) is 3.66. The maximum atomic E-state index is 13.0. The number of thioether (sulfide) groups is 1. The molecule has 100 valence electrons. The number of ketones is 1. The van der Waals surface area contributed by atoms with Crippen molar-refractivity contribution in [3.05, 3.63) is 29.6 Å². The number of hydrogen-bond acceptors (Lipinski definition) is 4. The van der Waals surface area contributed by atoms with Gasteiger partial charge in [-0.25, -0.2) is 4.39 Å².